The van der Waals surface area contributed by atoms with Crippen LogP contribution in [0.2, 0.25) is 0 Å². The van der Waals surface area contributed by atoms with Gasteiger partial charge in [-0.15, -0.1) is 0 Å². The molecule has 0 spiro atoms. The summed E-state index contributed by atoms with van der Waals surface area (Å²) in [5, 5.41) is 8.83. The Labute approximate surface area is 218 Å². The molecule has 2 atom stereocenters. The Hall–Kier alpha value is -2.70. The van der Waals surface area contributed by atoms with E-state index in [2.05, 4.69) is 10.2 Å². The van der Waals surface area contributed by atoms with Gasteiger partial charge in [-0.1, -0.05) is 17.7 Å². The Morgan fingerprint density at radius 1 is 0.657 bits per heavy atom. The maximum atomic E-state index is 5.92. The topological polar surface area (TPSA) is 58.9 Å². The normalized spacial score (nSPS) is 12.9. The summed E-state index contributed by atoms with van der Waals surface area (Å²) in [6, 6.07) is 23.0. The molecular formula is C24H28N4O3P2S2. The minimum atomic E-state index is -1.76. The number of rotatable bonds is 11. The van der Waals surface area contributed by atoms with Gasteiger partial charge in [-0.3, -0.25) is 0 Å². The van der Waals surface area contributed by atoms with Crippen LogP contribution in [0.25, 0.3) is 0 Å². The second kappa shape index (κ2) is 13.4. The van der Waals surface area contributed by atoms with Crippen LogP contribution in [0.15, 0.2) is 83.0 Å². The van der Waals surface area contributed by atoms with Crippen LogP contribution in [0, 0.1) is 6.92 Å². The fourth-order valence-corrected chi connectivity index (χ4v) is 4.76. The van der Waals surface area contributed by atoms with E-state index in [0.717, 1.165) is 22.6 Å². The van der Waals surface area contributed by atoms with E-state index in [-0.39, 0.29) is 0 Å². The molecule has 0 saturated carbocycles. The first kappa shape index (κ1) is 26.9. The van der Waals surface area contributed by atoms with Crippen LogP contribution >= 0.6 is 14.1 Å². The lowest BCUT2D eigenvalue weighted by molar-refractivity contribution is 0.415. The molecule has 0 aliphatic heterocycles. The van der Waals surface area contributed by atoms with Gasteiger partial charge < -0.3 is 13.8 Å². The Balaban J connectivity index is 1.50. The lowest BCUT2D eigenvalue weighted by Crippen LogP contribution is -2.04. The average molecular weight is 547 g/mol. The van der Waals surface area contributed by atoms with Crippen LogP contribution in [0.3, 0.4) is 0 Å². The van der Waals surface area contributed by atoms with Crippen LogP contribution in [-0.2, 0) is 23.6 Å². The zero-order valence-corrected chi connectivity index (χ0v) is 23.5. The molecule has 3 aromatic rings. The van der Waals surface area contributed by atoms with Crippen molar-refractivity contribution >= 4 is 50.2 Å². The Bertz CT molecular complexity index is 1200. The average Bonchev–Trinajstić information content (AvgIpc) is 2.88. The Morgan fingerprint density at radius 2 is 1.03 bits per heavy atom. The minimum Gasteiger partial charge on any atom is -0.497 e. The van der Waals surface area contributed by atoms with Crippen LogP contribution in [0.1, 0.15) is 16.7 Å². The van der Waals surface area contributed by atoms with Crippen molar-refractivity contribution in [2.75, 3.05) is 21.2 Å². The molecule has 0 saturated heterocycles. The van der Waals surface area contributed by atoms with E-state index in [1.165, 1.54) is 5.56 Å². The summed E-state index contributed by atoms with van der Waals surface area (Å²) in [4.78, 5) is 0. The molecule has 184 valence electrons. The third-order valence-electron chi connectivity index (χ3n) is 4.72. The number of ether oxygens (including phenoxy) is 1. The summed E-state index contributed by atoms with van der Waals surface area (Å²) in [5.74, 6) is 2.23. The number of aryl methyl sites for hydroxylation is 1. The maximum absolute atomic E-state index is 5.92. The van der Waals surface area contributed by atoms with Crippen LogP contribution < -0.4 is 13.8 Å². The zero-order chi connectivity index (χ0) is 25.2. The molecule has 0 amide bonds. The number of benzene rings is 3. The number of hydrazone groups is 2. The van der Waals surface area contributed by atoms with Crippen molar-refractivity contribution in [1.29, 1.82) is 0 Å². The van der Waals surface area contributed by atoms with E-state index in [1.54, 1.807) is 29.1 Å². The van der Waals surface area contributed by atoms with Gasteiger partial charge in [-0.05, 0) is 102 Å². The predicted octanol–water partition coefficient (Wildman–Crippen LogP) is 5.71. The van der Waals surface area contributed by atoms with E-state index >= 15 is 0 Å². The van der Waals surface area contributed by atoms with E-state index in [0.29, 0.717) is 5.75 Å². The van der Waals surface area contributed by atoms with Gasteiger partial charge in [0.2, 0.25) is 14.1 Å². The summed E-state index contributed by atoms with van der Waals surface area (Å²) >= 11 is 11.0. The van der Waals surface area contributed by atoms with Gasteiger partial charge in [0.25, 0.3) is 0 Å². The van der Waals surface area contributed by atoms with Gasteiger partial charge in [0.05, 0.1) is 19.5 Å². The lowest BCUT2D eigenvalue weighted by atomic mass is 10.2. The van der Waals surface area contributed by atoms with Crippen molar-refractivity contribution in [3.8, 4) is 17.2 Å². The Morgan fingerprint density at radius 3 is 1.43 bits per heavy atom. The molecule has 0 aliphatic carbocycles. The second-order valence-corrected chi connectivity index (χ2v) is 12.3. The first-order valence-electron chi connectivity index (χ1n) is 10.6. The van der Waals surface area contributed by atoms with Gasteiger partial charge in [-0.25, -0.2) is 9.56 Å². The molecule has 0 heterocycles. The number of methoxy groups -OCH3 is 1. The zero-order valence-electron chi connectivity index (χ0n) is 19.9. The van der Waals surface area contributed by atoms with Crippen LogP contribution in [0.4, 0.5) is 0 Å². The molecular weight excluding hydrogens is 518 g/mol. The van der Waals surface area contributed by atoms with E-state index in [4.69, 9.17) is 37.4 Å². The van der Waals surface area contributed by atoms with Crippen LogP contribution in [-0.4, -0.2) is 43.2 Å². The summed E-state index contributed by atoms with van der Waals surface area (Å²) in [7, 11) is 1.80. The number of hydrogen-bond donors (Lipinski definition) is 0. The smallest absolute Gasteiger partial charge is 0.207 e. The van der Waals surface area contributed by atoms with Gasteiger partial charge in [0.1, 0.15) is 17.2 Å². The van der Waals surface area contributed by atoms with E-state index in [1.807, 2.05) is 93.8 Å². The summed E-state index contributed by atoms with van der Waals surface area (Å²) in [5.41, 5.74) is 3.03. The first-order valence-corrected chi connectivity index (χ1v) is 15.6. The van der Waals surface area contributed by atoms with Crippen LogP contribution in [0.5, 0.6) is 17.2 Å². The quantitative estimate of drug-likeness (QED) is 0.174. The van der Waals surface area contributed by atoms with E-state index < -0.39 is 14.1 Å². The predicted molar refractivity (Wildman–Crippen MR) is 154 cm³/mol. The van der Waals surface area contributed by atoms with Crippen molar-refractivity contribution < 1.29 is 13.8 Å². The molecule has 0 N–H and O–H groups in total. The summed E-state index contributed by atoms with van der Waals surface area (Å²) in [6.45, 7) is 2.03. The molecule has 0 aliphatic rings. The third-order valence-corrected chi connectivity index (χ3v) is 8.91. The van der Waals surface area contributed by atoms with Crippen molar-refractivity contribution in [2.45, 2.75) is 6.92 Å². The highest BCUT2D eigenvalue weighted by molar-refractivity contribution is 8.02. The highest BCUT2D eigenvalue weighted by Crippen LogP contribution is 2.31. The molecule has 35 heavy (non-hydrogen) atoms. The van der Waals surface area contributed by atoms with Crippen molar-refractivity contribution in [2.24, 2.45) is 10.2 Å². The van der Waals surface area contributed by atoms with Gasteiger partial charge in [-0.2, -0.15) is 10.2 Å². The van der Waals surface area contributed by atoms with Crippen molar-refractivity contribution in [1.82, 2.24) is 9.56 Å². The molecule has 3 rings (SSSR count). The highest BCUT2D eigenvalue weighted by atomic mass is 32.4. The SMILES string of the molecule is COc1ccc(/C=N/N(C)[PH](=S)Oc2ccc(/C=N/N(C)[PH](=S)Oc3ccc(C)cc3)cc2)cc1. The van der Waals surface area contributed by atoms with Gasteiger partial charge in [0.15, 0.2) is 0 Å². The Kier molecular flexibility index (Phi) is 10.3. The standard InChI is InChI=1S/C24H28N4O3P2S2/c1-19-5-11-23(12-6-19)30-32(34)27(2)26-18-21-9-15-24(16-10-21)31-33(35)28(3)25-17-20-7-13-22(29-4)14-8-20/h5-18,32-33H,1-4H3/b25-17+,26-18+. The molecule has 0 bridgehead atoms. The number of nitrogens with zero attached hydrogens (tertiary/aromatic N) is 4. The summed E-state index contributed by atoms with van der Waals surface area (Å²) in [6.07, 6.45) is 3.48. The fourth-order valence-electron chi connectivity index (χ4n) is 2.65. The maximum Gasteiger partial charge on any atom is 0.207 e. The minimum absolute atomic E-state index is 0.682. The summed E-state index contributed by atoms with van der Waals surface area (Å²) < 4.78 is 20.3. The largest absolute Gasteiger partial charge is 0.497 e. The molecule has 0 fully saturated rings. The van der Waals surface area contributed by atoms with Gasteiger partial charge >= 0.3 is 0 Å². The highest BCUT2D eigenvalue weighted by Gasteiger charge is 2.05. The molecule has 3 aromatic carbocycles. The monoisotopic (exact) mass is 546 g/mol. The molecule has 0 radical (unpaired) electrons. The molecule has 7 nitrogen and oxygen atoms in total. The van der Waals surface area contributed by atoms with Crippen molar-refractivity contribution in [3.63, 3.8) is 0 Å². The van der Waals surface area contributed by atoms with Gasteiger partial charge in [0, 0.05) is 14.1 Å². The second-order valence-electron chi connectivity index (χ2n) is 7.43. The lowest BCUT2D eigenvalue weighted by Gasteiger charge is -2.17. The van der Waals surface area contributed by atoms with E-state index in [9.17, 15) is 0 Å². The third kappa shape index (κ3) is 8.79. The molecule has 0 aromatic heterocycles. The molecule has 2 unspecified atom stereocenters. The molecule has 11 heteroatoms. The fraction of sp³-hybridized carbons (Fsp3) is 0.167. The van der Waals surface area contributed by atoms with Crippen molar-refractivity contribution in [3.05, 3.63) is 89.5 Å². The number of hydrogen-bond acceptors (Lipinski definition) is 7. The first-order chi connectivity index (χ1) is 16.8.